The second-order valence-corrected chi connectivity index (χ2v) is 34.6. The number of hydrogen-bond acceptors (Lipinski definition) is 4. The first-order chi connectivity index (χ1) is 61.6. The lowest BCUT2D eigenvalue weighted by molar-refractivity contribution is 0.590. The van der Waals surface area contributed by atoms with E-state index in [2.05, 4.69) is 464 Å². The van der Waals surface area contributed by atoms with Gasteiger partial charge in [0.05, 0.1) is 44.2 Å². The Kier molecular flexibility index (Phi) is 16.3. The molecule has 0 bridgehead atoms. The van der Waals surface area contributed by atoms with Gasteiger partial charge in [-0.15, -0.1) is 0 Å². The standard InChI is InChI=1S/C118H79BN4O2/c1-118(2,3)88-70-107-115-108(71-88)123(117-92(55-63-112-114(117)94-45-23-25-47-110(94)125-112)87-43-27-41-81(65-87)75-30-12-5-13-31-75)106-73-90(121-103-60-50-84(78-36-18-8-19-37-78)68-97(103)98-69-85(51-61-104(98)121)79-38-20-9-21-39-79)53-57-100(106)119(115)99-56-52-89(120-101-58-48-82(76-32-14-6-15-33-76)66-95(101)96-67-83(49-59-102(96)120)77-34-16-7-17-35-77)72-105(99)122(107)116-91(54-62-111-113(116)93-44-22-24-46-109(93)124-111)86-42-26-40-80(64-86)74-28-10-4-11-29-74/h4-73H,1-3H3. The fourth-order valence-corrected chi connectivity index (χ4v) is 20.5. The normalized spacial score (nSPS) is 12.6. The zero-order valence-electron chi connectivity index (χ0n) is 69.1. The quantitative estimate of drug-likeness (QED) is 0.114. The fourth-order valence-electron chi connectivity index (χ4n) is 20.5. The van der Waals surface area contributed by atoms with E-state index in [-0.39, 0.29) is 6.71 Å². The number of para-hydroxylation sites is 2. The van der Waals surface area contributed by atoms with Crippen molar-refractivity contribution in [2.45, 2.75) is 26.2 Å². The van der Waals surface area contributed by atoms with E-state index >= 15 is 0 Å². The van der Waals surface area contributed by atoms with Crippen molar-refractivity contribution in [3.8, 4) is 100 Å². The Bertz CT molecular complexity index is 7650. The summed E-state index contributed by atoms with van der Waals surface area (Å²) in [4.78, 5) is 5.38. The highest BCUT2D eigenvalue weighted by molar-refractivity contribution is 7.00. The maximum Gasteiger partial charge on any atom is 0.252 e. The molecule has 6 nitrogen and oxygen atoms in total. The van der Waals surface area contributed by atoms with E-state index in [0.29, 0.717) is 0 Å². The Morgan fingerprint density at radius 2 is 0.528 bits per heavy atom. The highest BCUT2D eigenvalue weighted by Crippen LogP contribution is 2.56. The average Bonchev–Trinajstić information content (AvgIpc) is 1.54. The van der Waals surface area contributed by atoms with Crippen LogP contribution in [-0.4, -0.2) is 15.8 Å². The van der Waals surface area contributed by atoms with Crippen molar-refractivity contribution in [3.05, 3.63) is 430 Å². The Balaban J connectivity index is 0.828. The van der Waals surface area contributed by atoms with Gasteiger partial charge in [-0.1, -0.05) is 312 Å². The first kappa shape index (κ1) is 71.9. The van der Waals surface area contributed by atoms with Crippen LogP contribution in [0.1, 0.15) is 26.3 Å². The zero-order valence-corrected chi connectivity index (χ0v) is 69.1. The third-order valence-corrected chi connectivity index (χ3v) is 26.4. The molecule has 0 fully saturated rings. The minimum Gasteiger partial charge on any atom is -0.456 e. The van der Waals surface area contributed by atoms with Gasteiger partial charge in [0.25, 0.3) is 6.71 Å². The summed E-state index contributed by atoms with van der Waals surface area (Å²) < 4.78 is 19.5. The molecular weight excluding hydrogens is 1520 g/mol. The van der Waals surface area contributed by atoms with Gasteiger partial charge in [-0.25, -0.2) is 0 Å². The van der Waals surface area contributed by atoms with E-state index in [4.69, 9.17) is 8.83 Å². The van der Waals surface area contributed by atoms with Gasteiger partial charge in [0.1, 0.15) is 22.3 Å². The summed E-state index contributed by atoms with van der Waals surface area (Å²) in [5, 5.41) is 8.81. The Hall–Kier alpha value is -16.0. The van der Waals surface area contributed by atoms with Gasteiger partial charge in [-0.3, -0.25) is 0 Å². The molecule has 19 aromatic carbocycles. The zero-order chi connectivity index (χ0) is 82.7. The molecule has 125 heavy (non-hydrogen) atoms. The van der Waals surface area contributed by atoms with E-state index < -0.39 is 5.41 Å². The van der Waals surface area contributed by atoms with Crippen LogP contribution in [0, 0.1) is 0 Å². The molecule has 0 aliphatic carbocycles. The molecule has 4 aromatic heterocycles. The van der Waals surface area contributed by atoms with Crippen molar-refractivity contribution >= 4 is 145 Å². The third-order valence-electron chi connectivity index (χ3n) is 26.4. The van der Waals surface area contributed by atoms with Crippen LogP contribution in [0.2, 0.25) is 0 Å². The molecular formula is C118H79BN4O2. The van der Waals surface area contributed by atoms with Crippen molar-refractivity contribution in [1.29, 1.82) is 0 Å². The number of rotatable bonds is 12. The van der Waals surface area contributed by atoms with Gasteiger partial charge in [-0.05, 0) is 239 Å². The predicted molar refractivity (Wildman–Crippen MR) is 526 cm³/mol. The molecule has 6 heterocycles. The summed E-state index contributed by atoms with van der Waals surface area (Å²) in [6.07, 6.45) is 0. The van der Waals surface area contributed by atoms with E-state index in [0.717, 1.165) is 189 Å². The number of benzene rings is 19. The summed E-state index contributed by atoms with van der Waals surface area (Å²) in [5.74, 6) is 0. The highest BCUT2D eigenvalue weighted by atomic mass is 16.3. The molecule has 25 rings (SSSR count). The minimum atomic E-state index is -0.425. The summed E-state index contributed by atoms with van der Waals surface area (Å²) in [6.45, 7) is 6.80. The molecule has 2 aliphatic heterocycles. The van der Waals surface area contributed by atoms with Crippen molar-refractivity contribution in [3.63, 3.8) is 0 Å². The Morgan fingerprint density at radius 1 is 0.224 bits per heavy atom. The van der Waals surface area contributed by atoms with Crippen LogP contribution in [0.4, 0.5) is 34.1 Å². The maximum absolute atomic E-state index is 7.24. The average molecular weight is 1600 g/mol. The molecule has 0 radical (unpaired) electrons. The number of fused-ring (bicyclic) bond motifs is 16. The van der Waals surface area contributed by atoms with Crippen molar-refractivity contribution in [2.24, 2.45) is 0 Å². The fraction of sp³-hybridized carbons (Fsp3) is 0.0339. The Labute approximate surface area is 724 Å². The van der Waals surface area contributed by atoms with Crippen LogP contribution < -0.4 is 26.2 Å². The number of aromatic nitrogens is 2. The van der Waals surface area contributed by atoms with Crippen LogP contribution >= 0.6 is 0 Å². The topological polar surface area (TPSA) is 42.6 Å². The van der Waals surface area contributed by atoms with Crippen LogP contribution in [0.15, 0.2) is 433 Å². The number of anilines is 6. The predicted octanol–water partition coefficient (Wildman–Crippen LogP) is 30.4. The first-order valence-electron chi connectivity index (χ1n) is 43.3. The number of nitrogens with zero attached hydrogens (tertiary/aromatic N) is 4. The van der Waals surface area contributed by atoms with E-state index in [9.17, 15) is 0 Å². The van der Waals surface area contributed by atoms with Gasteiger partial charge < -0.3 is 27.8 Å². The van der Waals surface area contributed by atoms with Gasteiger partial charge in [0, 0.05) is 77.6 Å². The van der Waals surface area contributed by atoms with Gasteiger partial charge >= 0.3 is 0 Å². The molecule has 23 aromatic rings. The molecule has 0 N–H and O–H groups in total. The summed E-state index contributed by atoms with van der Waals surface area (Å²) in [6, 6.07) is 158. The molecule has 2 aliphatic rings. The highest BCUT2D eigenvalue weighted by Gasteiger charge is 2.47. The lowest BCUT2D eigenvalue weighted by Crippen LogP contribution is -2.61. The molecule has 7 heteroatoms. The van der Waals surface area contributed by atoms with Gasteiger partial charge in [0.2, 0.25) is 0 Å². The Morgan fingerprint density at radius 3 is 0.864 bits per heavy atom. The number of furan rings is 2. The molecule has 0 saturated carbocycles. The smallest absolute Gasteiger partial charge is 0.252 e. The lowest BCUT2D eigenvalue weighted by atomic mass is 9.33. The minimum absolute atomic E-state index is 0.357. The monoisotopic (exact) mass is 1590 g/mol. The largest absolute Gasteiger partial charge is 0.456 e. The first-order valence-corrected chi connectivity index (χ1v) is 43.3. The van der Waals surface area contributed by atoms with E-state index in [1.807, 2.05) is 0 Å². The molecule has 0 saturated heterocycles. The second kappa shape index (κ2) is 28.3. The summed E-state index contributed by atoms with van der Waals surface area (Å²) in [5.41, 5.74) is 38.5. The van der Waals surface area contributed by atoms with Crippen LogP contribution in [-0.2, 0) is 5.41 Å². The van der Waals surface area contributed by atoms with Gasteiger partial charge in [-0.2, -0.15) is 0 Å². The third kappa shape index (κ3) is 11.6. The molecule has 0 amide bonds. The van der Waals surface area contributed by atoms with Gasteiger partial charge in [0.15, 0.2) is 0 Å². The van der Waals surface area contributed by atoms with Crippen molar-refractivity contribution < 1.29 is 8.83 Å². The lowest BCUT2D eigenvalue weighted by Gasteiger charge is -2.46. The van der Waals surface area contributed by atoms with E-state index in [1.165, 1.54) is 54.8 Å². The van der Waals surface area contributed by atoms with Crippen LogP contribution in [0.3, 0.4) is 0 Å². The SMILES string of the molecule is CC(C)(C)c1cc2c3c(c1)N(c1c(-c4cccc(-c5ccccc5)c4)ccc4oc5ccccc5c14)c1cc(-n4c5ccc(-c6ccccc6)cc5c5cc(-c6ccccc6)ccc54)ccc1B3c1ccc(-n3c4ccc(-c5ccccc5)cc4c4cc(-c5ccccc5)ccc43)cc1N2c1c(-c2cccc(-c3ccccc3)c2)ccc2oc3ccccc3c12. The van der Waals surface area contributed by atoms with Crippen molar-refractivity contribution in [2.75, 3.05) is 9.80 Å². The number of hydrogen-bond donors (Lipinski definition) is 0. The van der Waals surface area contributed by atoms with Crippen LogP contribution in [0.5, 0.6) is 0 Å². The summed E-state index contributed by atoms with van der Waals surface area (Å²) in [7, 11) is 0. The van der Waals surface area contributed by atoms with Crippen molar-refractivity contribution in [1.82, 2.24) is 9.13 Å². The maximum atomic E-state index is 7.24. The molecule has 0 unspecified atom stereocenters. The van der Waals surface area contributed by atoms with E-state index in [1.54, 1.807) is 0 Å². The molecule has 0 atom stereocenters. The molecule has 586 valence electrons. The second-order valence-electron chi connectivity index (χ2n) is 34.6. The van der Waals surface area contributed by atoms with Crippen LogP contribution in [0.25, 0.3) is 188 Å². The molecule has 0 spiro atoms. The summed E-state index contributed by atoms with van der Waals surface area (Å²) >= 11 is 0.